The van der Waals surface area contributed by atoms with E-state index < -0.39 is 6.04 Å². The van der Waals surface area contributed by atoms with Gasteiger partial charge in [-0.3, -0.25) is 0 Å². The molecule has 0 aromatic heterocycles. The lowest BCUT2D eigenvalue weighted by Crippen LogP contribution is -2.12. The van der Waals surface area contributed by atoms with Crippen LogP contribution in [0.2, 0.25) is 0 Å². The molecule has 0 fully saturated rings. The van der Waals surface area contributed by atoms with Crippen molar-refractivity contribution in [2.75, 3.05) is 0 Å². The van der Waals surface area contributed by atoms with Gasteiger partial charge in [0.15, 0.2) is 0 Å². The Morgan fingerprint density at radius 3 is 2.12 bits per heavy atom. The molecular weight excluding hydrogens is 288 g/mol. The first kappa shape index (κ1) is 12.2. The zero-order valence-electron chi connectivity index (χ0n) is 8.83. The van der Waals surface area contributed by atoms with Crippen molar-refractivity contribution in [1.82, 2.24) is 0 Å². The Bertz CT molecular complexity index is 525. The van der Waals surface area contributed by atoms with Gasteiger partial charge in [-0.05, 0) is 51.3 Å². The van der Waals surface area contributed by atoms with E-state index in [1.54, 1.807) is 24.3 Å². The quantitative estimate of drug-likeness (QED) is 0.897. The number of hydrogen-bond donors (Lipinski definition) is 1. The minimum atomic E-state index is -0.460. The Kier molecular flexibility index (Phi) is 3.54. The zero-order chi connectivity index (χ0) is 12.4. The lowest BCUT2D eigenvalue weighted by molar-refractivity contribution is 0.616. The predicted octanol–water partition coefficient (Wildman–Crippen LogP) is 3.78. The van der Waals surface area contributed by atoms with Gasteiger partial charge in [0.25, 0.3) is 0 Å². The van der Waals surface area contributed by atoms with E-state index in [0.29, 0.717) is 10.0 Å². The Morgan fingerprint density at radius 2 is 1.53 bits per heavy atom. The largest absolute Gasteiger partial charge is 0.320 e. The first-order valence-electron chi connectivity index (χ1n) is 5.04. The molecule has 2 N–H and O–H groups in total. The molecule has 1 nitrogen and oxygen atoms in total. The van der Waals surface area contributed by atoms with E-state index in [4.69, 9.17) is 5.73 Å². The van der Waals surface area contributed by atoms with Gasteiger partial charge < -0.3 is 5.73 Å². The van der Waals surface area contributed by atoms with Crippen molar-refractivity contribution in [3.8, 4) is 0 Å². The molecular formula is C13H10BrF2N. The van der Waals surface area contributed by atoms with Crippen LogP contribution in [0.15, 0.2) is 46.9 Å². The lowest BCUT2D eigenvalue weighted by atomic mass is 10.00. The molecule has 2 aromatic rings. The minimum absolute atomic E-state index is 0.317. The third-order valence-electron chi connectivity index (χ3n) is 2.53. The fraction of sp³-hybridized carbons (Fsp3) is 0.0769. The summed E-state index contributed by atoms with van der Waals surface area (Å²) >= 11 is 3.08. The summed E-state index contributed by atoms with van der Waals surface area (Å²) in [6.45, 7) is 0. The summed E-state index contributed by atoms with van der Waals surface area (Å²) in [5.74, 6) is -0.678. The fourth-order valence-electron chi connectivity index (χ4n) is 1.57. The fourth-order valence-corrected chi connectivity index (χ4v) is 1.82. The Morgan fingerprint density at radius 1 is 0.941 bits per heavy atom. The van der Waals surface area contributed by atoms with E-state index in [2.05, 4.69) is 15.9 Å². The van der Waals surface area contributed by atoms with Crippen molar-refractivity contribution in [3.05, 3.63) is 69.7 Å². The molecule has 88 valence electrons. The molecule has 0 spiro atoms. The molecule has 17 heavy (non-hydrogen) atoms. The van der Waals surface area contributed by atoms with Crippen LogP contribution in [0.4, 0.5) is 8.78 Å². The van der Waals surface area contributed by atoms with Crippen molar-refractivity contribution in [2.24, 2.45) is 5.73 Å². The van der Waals surface area contributed by atoms with E-state index in [1.807, 2.05) is 0 Å². The lowest BCUT2D eigenvalue weighted by Gasteiger charge is -2.13. The van der Waals surface area contributed by atoms with Gasteiger partial charge in [-0.2, -0.15) is 0 Å². The Labute approximate surface area is 106 Å². The Balaban J connectivity index is 2.33. The number of rotatable bonds is 2. The van der Waals surface area contributed by atoms with Crippen molar-refractivity contribution in [2.45, 2.75) is 6.04 Å². The van der Waals surface area contributed by atoms with Crippen LogP contribution in [0.25, 0.3) is 0 Å². The molecule has 4 heteroatoms. The van der Waals surface area contributed by atoms with E-state index >= 15 is 0 Å². The predicted molar refractivity (Wildman–Crippen MR) is 66.5 cm³/mol. The molecule has 0 heterocycles. The van der Waals surface area contributed by atoms with E-state index in [-0.39, 0.29) is 11.6 Å². The van der Waals surface area contributed by atoms with Crippen molar-refractivity contribution < 1.29 is 8.78 Å². The van der Waals surface area contributed by atoms with Gasteiger partial charge in [0.1, 0.15) is 11.6 Å². The second-order valence-corrected chi connectivity index (χ2v) is 4.56. The van der Waals surface area contributed by atoms with Crippen LogP contribution in [0.1, 0.15) is 17.2 Å². The van der Waals surface area contributed by atoms with Crippen LogP contribution in [0.5, 0.6) is 0 Å². The molecule has 0 amide bonds. The average Bonchev–Trinajstić information content (AvgIpc) is 2.33. The highest BCUT2D eigenvalue weighted by atomic mass is 79.9. The summed E-state index contributed by atoms with van der Waals surface area (Å²) in [6, 6.07) is 10.1. The maximum Gasteiger partial charge on any atom is 0.137 e. The third-order valence-corrected chi connectivity index (χ3v) is 3.18. The highest BCUT2D eigenvalue weighted by Crippen LogP contribution is 2.23. The van der Waals surface area contributed by atoms with Crippen LogP contribution in [-0.2, 0) is 0 Å². The average molecular weight is 298 g/mol. The maximum absolute atomic E-state index is 13.4. The van der Waals surface area contributed by atoms with Gasteiger partial charge in [-0.15, -0.1) is 0 Å². The summed E-state index contributed by atoms with van der Waals surface area (Å²) in [5, 5.41) is 0. The third kappa shape index (κ3) is 2.70. The number of nitrogens with two attached hydrogens (primary N) is 1. The summed E-state index contributed by atoms with van der Waals surface area (Å²) < 4.78 is 26.5. The van der Waals surface area contributed by atoms with E-state index in [1.165, 1.54) is 18.2 Å². The number of halogens is 3. The van der Waals surface area contributed by atoms with Crippen molar-refractivity contribution in [3.63, 3.8) is 0 Å². The maximum atomic E-state index is 13.4. The summed E-state index contributed by atoms with van der Waals surface area (Å²) in [5.41, 5.74) is 7.37. The second-order valence-electron chi connectivity index (χ2n) is 3.70. The molecule has 1 unspecified atom stereocenters. The van der Waals surface area contributed by atoms with Gasteiger partial charge in [-0.1, -0.05) is 18.2 Å². The topological polar surface area (TPSA) is 26.0 Å². The Hall–Kier alpha value is -1.26. The minimum Gasteiger partial charge on any atom is -0.320 e. The van der Waals surface area contributed by atoms with Gasteiger partial charge in [0.05, 0.1) is 10.5 Å². The van der Waals surface area contributed by atoms with Crippen LogP contribution in [0.3, 0.4) is 0 Å². The standard InChI is InChI=1S/C13H10BrF2N/c14-11-6-3-9(7-12(11)16)13(17)8-1-4-10(15)5-2-8/h1-7,13H,17H2. The molecule has 0 aliphatic rings. The van der Waals surface area contributed by atoms with Gasteiger partial charge in [-0.25, -0.2) is 8.78 Å². The second kappa shape index (κ2) is 4.94. The van der Waals surface area contributed by atoms with Crippen molar-refractivity contribution >= 4 is 15.9 Å². The van der Waals surface area contributed by atoms with Crippen LogP contribution in [-0.4, -0.2) is 0 Å². The van der Waals surface area contributed by atoms with E-state index in [9.17, 15) is 8.78 Å². The van der Waals surface area contributed by atoms with Gasteiger partial charge in [0, 0.05) is 0 Å². The molecule has 2 rings (SSSR count). The molecule has 0 saturated carbocycles. The smallest absolute Gasteiger partial charge is 0.137 e. The molecule has 0 aliphatic heterocycles. The van der Waals surface area contributed by atoms with Crippen LogP contribution < -0.4 is 5.73 Å². The molecule has 0 bridgehead atoms. The number of benzene rings is 2. The highest BCUT2D eigenvalue weighted by molar-refractivity contribution is 9.10. The SMILES string of the molecule is NC(c1ccc(F)cc1)c1ccc(Br)c(F)c1. The monoisotopic (exact) mass is 297 g/mol. The molecule has 0 saturated heterocycles. The first-order valence-corrected chi connectivity index (χ1v) is 5.83. The molecule has 0 aliphatic carbocycles. The summed E-state index contributed by atoms with van der Waals surface area (Å²) in [6.07, 6.45) is 0. The van der Waals surface area contributed by atoms with E-state index in [0.717, 1.165) is 5.56 Å². The summed E-state index contributed by atoms with van der Waals surface area (Å²) in [7, 11) is 0. The normalized spacial score (nSPS) is 12.5. The molecule has 0 radical (unpaired) electrons. The van der Waals surface area contributed by atoms with Crippen LogP contribution >= 0.6 is 15.9 Å². The summed E-state index contributed by atoms with van der Waals surface area (Å²) in [4.78, 5) is 0. The number of hydrogen-bond acceptors (Lipinski definition) is 1. The first-order chi connectivity index (χ1) is 8.08. The van der Waals surface area contributed by atoms with Crippen molar-refractivity contribution in [1.29, 1.82) is 0 Å². The molecule has 2 aromatic carbocycles. The highest BCUT2D eigenvalue weighted by Gasteiger charge is 2.10. The van der Waals surface area contributed by atoms with Gasteiger partial charge >= 0.3 is 0 Å². The molecule has 1 atom stereocenters. The zero-order valence-corrected chi connectivity index (χ0v) is 10.4. The van der Waals surface area contributed by atoms with Gasteiger partial charge in [0.2, 0.25) is 0 Å². The van der Waals surface area contributed by atoms with Crippen LogP contribution in [0, 0.1) is 11.6 Å².